The van der Waals surface area contributed by atoms with Gasteiger partial charge in [-0.1, -0.05) is 105 Å². The molecule has 0 heterocycles. The van der Waals surface area contributed by atoms with Gasteiger partial charge in [-0.05, 0) is 25.2 Å². The summed E-state index contributed by atoms with van der Waals surface area (Å²) in [5.41, 5.74) is 0. The first kappa shape index (κ1) is 29.7. The lowest BCUT2D eigenvalue weighted by molar-refractivity contribution is -0.149. The molecule has 0 saturated carbocycles. The van der Waals surface area contributed by atoms with Crippen LogP contribution in [0.1, 0.15) is 124 Å². The number of carbonyl (C=O) groups excluding carboxylic acids is 2. The molecular weight excluding hydrogens is 390 g/mol. The van der Waals surface area contributed by atoms with Crippen LogP contribution in [0.5, 0.6) is 0 Å². The highest BCUT2D eigenvalue weighted by Gasteiger charge is 2.29. The van der Waals surface area contributed by atoms with Crippen molar-refractivity contribution in [3.8, 4) is 0 Å². The van der Waals surface area contributed by atoms with E-state index in [0.717, 1.165) is 25.7 Å². The summed E-state index contributed by atoms with van der Waals surface area (Å²) in [4.78, 5) is 26.2. The van der Waals surface area contributed by atoms with Crippen LogP contribution in [-0.4, -0.2) is 43.3 Å². The Labute approximate surface area is 192 Å². The molecule has 31 heavy (non-hydrogen) atoms. The number of unbranched alkanes of at least 4 members (excludes halogenated alkanes) is 12. The van der Waals surface area contributed by atoms with Crippen LogP contribution in [0.25, 0.3) is 0 Å². The summed E-state index contributed by atoms with van der Waals surface area (Å²) in [6, 6.07) is -0.577. The Morgan fingerprint density at radius 2 is 1.13 bits per heavy atom. The highest BCUT2D eigenvalue weighted by atomic mass is 16.6. The fraction of sp³-hybridized carbons (Fsp3) is 0.923. The second-order valence-electron chi connectivity index (χ2n) is 9.28. The Hall–Kier alpha value is -1.26. The van der Waals surface area contributed by atoms with Gasteiger partial charge in [0.1, 0.15) is 6.04 Å². The number of ether oxygens (including phenoxy) is 2. The predicted octanol–water partition coefficient (Wildman–Crippen LogP) is 7.51. The Morgan fingerprint density at radius 1 is 0.677 bits per heavy atom. The number of carbonyl (C=O) groups is 2. The van der Waals surface area contributed by atoms with Crippen LogP contribution < -0.4 is 0 Å². The first-order valence-electron chi connectivity index (χ1n) is 13.0. The lowest BCUT2D eigenvalue weighted by Crippen LogP contribution is -2.44. The molecule has 0 bridgehead atoms. The Morgan fingerprint density at radius 3 is 1.61 bits per heavy atom. The molecule has 1 amide bonds. The number of rotatable bonds is 20. The number of esters is 1. The molecule has 0 spiro atoms. The van der Waals surface area contributed by atoms with Crippen molar-refractivity contribution in [3.05, 3.63) is 0 Å². The molecule has 5 nitrogen and oxygen atoms in total. The molecule has 0 aliphatic rings. The third-order valence-corrected chi connectivity index (χ3v) is 5.69. The van der Waals surface area contributed by atoms with Gasteiger partial charge in [-0.2, -0.15) is 0 Å². The summed E-state index contributed by atoms with van der Waals surface area (Å²) in [6.07, 6.45) is 17.3. The van der Waals surface area contributed by atoms with Gasteiger partial charge in [-0.25, -0.2) is 9.59 Å². The minimum Gasteiger partial charge on any atom is -0.464 e. The molecule has 5 heteroatoms. The van der Waals surface area contributed by atoms with E-state index in [2.05, 4.69) is 6.92 Å². The number of hydrogen-bond donors (Lipinski definition) is 0. The van der Waals surface area contributed by atoms with E-state index in [4.69, 9.17) is 9.47 Å². The zero-order valence-electron chi connectivity index (χ0n) is 21.3. The lowest BCUT2D eigenvalue weighted by atomic mass is 10.0. The fourth-order valence-electron chi connectivity index (χ4n) is 3.60. The van der Waals surface area contributed by atoms with E-state index in [1.165, 1.54) is 69.1 Å². The highest BCUT2D eigenvalue weighted by molar-refractivity contribution is 5.81. The van der Waals surface area contributed by atoms with Crippen LogP contribution >= 0.6 is 0 Å². The van der Waals surface area contributed by atoms with Gasteiger partial charge in [0.05, 0.1) is 13.2 Å². The van der Waals surface area contributed by atoms with Crippen molar-refractivity contribution >= 4 is 12.1 Å². The van der Waals surface area contributed by atoms with Crippen molar-refractivity contribution in [1.29, 1.82) is 0 Å². The fourth-order valence-corrected chi connectivity index (χ4v) is 3.60. The van der Waals surface area contributed by atoms with E-state index < -0.39 is 12.1 Å². The van der Waals surface area contributed by atoms with Gasteiger partial charge in [0.15, 0.2) is 0 Å². The topological polar surface area (TPSA) is 55.8 Å². The van der Waals surface area contributed by atoms with Crippen molar-refractivity contribution in [1.82, 2.24) is 4.90 Å². The standard InChI is InChI=1S/C26H51NO4/c1-6-8-10-11-12-13-14-15-16-17-18-19-21-30-25(28)24(22-23(3)4)27(5)26(29)31-20-9-7-2/h23-24H,6-22H2,1-5H3. The van der Waals surface area contributed by atoms with Crippen molar-refractivity contribution < 1.29 is 19.1 Å². The zero-order chi connectivity index (χ0) is 23.3. The summed E-state index contributed by atoms with van der Waals surface area (Å²) in [5, 5.41) is 0. The molecule has 1 atom stereocenters. The van der Waals surface area contributed by atoms with Crippen LogP contribution in [0, 0.1) is 5.92 Å². The van der Waals surface area contributed by atoms with Crippen LogP contribution in [0.2, 0.25) is 0 Å². The maximum Gasteiger partial charge on any atom is 0.410 e. The van der Waals surface area contributed by atoms with Crippen LogP contribution in [0.4, 0.5) is 4.79 Å². The highest BCUT2D eigenvalue weighted by Crippen LogP contribution is 2.15. The third-order valence-electron chi connectivity index (χ3n) is 5.69. The van der Waals surface area contributed by atoms with Crippen molar-refractivity contribution in [2.24, 2.45) is 5.92 Å². The smallest absolute Gasteiger partial charge is 0.410 e. The van der Waals surface area contributed by atoms with Gasteiger partial charge in [-0.3, -0.25) is 4.90 Å². The molecule has 1 unspecified atom stereocenters. The van der Waals surface area contributed by atoms with E-state index in [-0.39, 0.29) is 11.9 Å². The summed E-state index contributed by atoms with van der Waals surface area (Å²) in [6.45, 7) is 9.22. The molecule has 0 radical (unpaired) electrons. The average Bonchev–Trinajstić information content (AvgIpc) is 2.74. The Kier molecular flexibility index (Phi) is 19.8. The molecule has 184 valence electrons. The minimum atomic E-state index is -0.577. The molecule has 0 aromatic carbocycles. The number of amides is 1. The van der Waals surface area contributed by atoms with Gasteiger partial charge in [0.25, 0.3) is 0 Å². The van der Waals surface area contributed by atoms with Crippen LogP contribution in [-0.2, 0) is 14.3 Å². The number of likely N-dealkylation sites (N-methyl/N-ethyl adjacent to an activating group) is 1. The Bertz CT molecular complexity index is 439. The summed E-state index contributed by atoms with van der Waals surface area (Å²) < 4.78 is 10.8. The molecule has 0 fully saturated rings. The van der Waals surface area contributed by atoms with Crippen LogP contribution in [0.15, 0.2) is 0 Å². The molecule has 0 rings (SSSR count). The molecular formula is C26H51NO4. The lowest BCUT2D eigenvalue weighted by Gasteiger charge is -2.27. The van der Waals surface area contributed by atoms with Crippen LogP contribution in [0.3, 0.4) is 0 Å². The maximum atomic E-state index is 12.6. The van der Waals surface area contributed by atoms with Crippen molar-refractivity contribution in [2.45, 2.75) is 130 Å². The van der Waals surface area contributed by atoms with E-state index in [1.807, 2.05) is 20.8 Å². The first-order chi connectivity index (χ1) is 14.9. The summed E-state index contributed by atoms with van der Waals surface area (Å²) >= 11 is 0. The average molecular weight is 442 g/mol. The van der Waals surface area contributed by atoms with Gasteiger partial charge < -0.3 is 9.47 Å². The van der Waals surface area contributed by atoms with Gasteiger partial charge in [-0.15, -0.1) is 0 Å². The molecule has 0 aliphatic heterocycles. The predicted molar refractivity (Wildman–Crippen MR) is 129 cm³/mol. The molecule has 0 aromatic heterocycles. The normalized spacial score (nSPS) is 12.1. The van der Waals surface area contributed by atoms with Crippen molar-refractivity contribution in [2.75, 3.05) is 20.3 Å². The van der Waals surface area contributed by atoms with Gasteiger partial charge in [0.2, 0.25) is 0 Å². The third kappa shape index (κ3) is 17.0. The summed E-state index contributed by atoms with van der Waals surface area (Å²) in [5.74, 6) is -0.0261. The van der Waals surface area contributed by atoms with Crippen molar-refractivity contribution in [3.63, 3.8) is 0 Å². The van der Waals surface area contributed by atoms with E-state index in [1.54, 1.807) is 7.05 Å². The monoisotopic (exact) mass is 441 g/mol. The Balaban J connectivity index is 3.96. The molecule has 0 saturated heterocycles. The molecule has 0 N–H and O–H groups in total. The van der Waals surface area contributed by atoms with Gasteiger partial charge in [0, 0.05) is 7.05 Å². The SMILES string of the molecule is CCCCCCCCCCCCCCOC(=O)C(CC(C)C)N(C)C(=O)OCCCC. The second kappa shape index (κ2) is 20.6. The van der Waals surface area contributed by atoms with E-state index in [9.17, 15) is 9.59 Å². The first-order valence-corrected chi connectivity index (χ1v) is 13.0. The zero-order valence-corrected chi connectivity index (χ0v) is 21.3. The minimum absolute atomic E-state index is 0.287. The quantitative estimate of drug-likeness (QED) is 0.145. The molecule has 0 aromatic rings. The summed E-state index contributed by atoms with van der Waals surface area (Å²) in [7, 11) is 1.63. The molecule has 0 aliphatic carbocycles. The maximum absolute atomic E-state index is 12.6. The second-order valence-corrected chi connectivity index (χ2v) is 9.28. The van der Waals surface area contributed by atoms with E-state index in [0.29, 0.717) is 19.6 Å². The van der Waals surface area contributed by atoms with Gasteiger partial charge >= 0.3 is 12.1 Å². The number of hydrogen-bond acceptors (Lipinski definition) is 4. The van der Waals surface area contributed by atoms with E-state index >= 15 is 0 Å². The largest absolute Gasteiger partial charge is 0.464 e. The number of nitrogens with zero attached hydrogens (tertiary/aromatic N) is 1.